The van der Waals surface area contributed by atoms with Gasteiger partial charge in [-0.3, -0.25) is 4.79 Å². The van der Waals surface area contributed by atoms with E-state index >= 15 is 0 Å². The average molecular weight is 447 g/mol. The summed E-state index contributed by atoms with van der Waals surface area (Å²) in [6, 6.07) is 15.5. The predicted molar refractivity (Wildman–Crippen MR) is 127 cm³/mol. The van der Waals surface area contributed by atoms with Crippen LogP contribution in [0.25, 0.3) is 0 Å². The molecule has 0 saturated carbocycles. The van der Waals surface area contributed by atoms with Gasteiger partial charge in [0.15, 0.2) is 0 Å². The fourth-order valence-corrected chi connectivity index (χ4v) is 4.27. The quantitative estimate of drug-likeness (QED) is 0.554. The molecule has 0 spiro atoms. The van der Waals surface area contributed by atoms with Crippen molar-refractivity contribution in [2.45, 2.75) is 46.3 Å². The molecule has 1 aliphatic rings. The molecule has 1 N–H and O–H groups in total. The van der Waals surface area contributed by atoms with Crippen molar-refractivity contribution in [2.24, 2.45) is 0 Å². The van der Waals surface area contributed by atoms with Crippen LogP contribution in [0.5, 0.6) is 0 Å². The lowest BCUT2D eigenvalue weighted by Crippen LogP contribution is -2.29. The van der Waals surface area contributed by atoms with Gasteiger partial charge in [-0.2, -0.15) is 5.10 Å². The monoisotopic (exact) mass is 446 g/mol. The van der Waals surface area contributed by atoms with E-state index in [9.17, 15) is 9.59 Å². The van der Waals surface area contributed by atoms with Crippen LogP contribution in [-0.4, -0.2) is 35.3 Å². The van der Waals surface area contributed by atoms with Gasteiger partial charge in [-0.15, -0.1) is 0 Å². The maximum atomic E-state index is 13.3. The van der Waals surface area contributed by atoms with Gasteiger partial charge in [0.25, 0.3) is 5.91 Å². The number of fused-ring (bicyclic) bond motifs is 1. The Morgan fingerprint density at radius 2 is 1.73 bits per heavy atom. The van der Waals surface area contributed by atoms with Gasteiger partial charge in [0.2, 0.25) is 0 Å². The van der Waals surface area contributed by atoms with Crippen LogP contribution in [0.3, 0.4) is 0 Å². The second kappa shape index (κ2) is 9.48. The van der Waals surface area contributed by atoms with E-state index in [1.807, 2.05) is 30.7 Å². The van der Waals surface area contributed by atoms with Crippen LogP contribution in [0.15, 0.2) is 48.5 Å². The van der Waals surface area contributed by atoms with Crippen molar-refractivity contribution < 1.29 is 14.3 Å². The molecular formula is C26H30N4O3. The lowest BCUT2D eigenvalue weighted by atomic mass is 10.1. The lowest BCUT2D eigenvalue weighted by molar-refractivity contribution is 0.0600. The normalized spacial score (nSPS) is 13.5. The van der Waals surface area contributed by atoms with Crippen molar-refractivity contribution in [3.8, 4) is 0 Å². The third-order valence-electron chi connectivity index (χ3n) is 6.19. The van der Waals surface area contributed by atoms with Gasteiger partial charge in [-0.1, -0.05) is 43.3 Å². The Morgan fingerprint density at radius 3 is 2.36 bits per heavy atom. The Kier molecular flexibility index (Phi) is 6.49. The number of nitrogens with zero attached hydrogens (tertiary/aromatic N) is 3. The van der Waals surface area contributed by atoms with Crippen molar-refractivity contribution in [3.05, 3.63) is 82.0 Å². The Balaban J connectivity index is 1.51. The smallest absolute Gasteiger partial charge is 0.337 e. The van der Waals surface area contributed by atoms with Crippen LogP contribution in [-0.2, 0) is 24.2 Å². The molecule has 0 radical (unpaired) electrons. The molecule has 3 aromatic rings. The summed E-state index contributed by atoms with van der Waals surface area (Å²) in [6.07, 6.45) is 1.02. The van der Waals surface area contributed by atoms with Crippen LogP contribution in [0.2, 0.25) is 0 Å². The number of benzene rings is 2. The van der Waals surface area contributed by atoms with Crippen molar-refractivity contribution in [1.29, 1.82) is 0 Å². The molecule has 0 saturated heterocycles. The van der Waals surface area contributed by atoms with E-state index in [1.165, 1.54) is 18.2 Å². The maximum Gasteiger partial charge on any atom is 0.337 e. The molecule has 1 aromatic heterocycles. The van der Waals surface area contributed by atoms with E-state index < -0.39 is 0 Å². The molecular weight excluding hydrogens is 416 g/mol. The van der Waals surface area contributed by atoms with E-state index in [4.69, 9.17) is 4.74 Å². The highest BCUT2D eigenvalue weighted by Crippen LogP contribution is 2.30. The number of rotatable bonds is 7. The molecule has 172 valence electrons. The van der Waals surface area contributed by atoms with E-state index in [1.54, 1.807) is 12.1 Å². The van der Waals surface area contributed by atoms with Crippen LogP contribution in [0.1, 0.15) is 63.0 Å². The van der Waals surface area contributed by atoms with Gasteiger partial charge < -0.3 is 15.0 Å². The summed E-state index contributed by atoms with van der Waals surface area (Å²) in [4.78, 5) is 27.2. The Bertz CT molecular complexity index is 1150. The summed E-state index contributed by atoms with van der Waals surface area (Å²) >= 11 is 0. The van der Waals surface area contributed by atoms with Crippen molar-refractivity contribution in [2.75, 3.05) is 18.6 Å². The molecule has 0 bridgehead atoms. The first-order chi connectivity index (χ1) is 15.9. The van der Waals surface area contributed by atoms with E-state index in [0.717, 1.165) is 43.1 Å². The summed E-state index contributed by atoms with van der Waals surface area (Å²) in [5.41, 5.74) is 5.26. The number of esters is 1. The van der Waals surface area contributed by atoms with Crippen LogP contribution in [0, 0.1) is 6.92 Å². The van der Waals surface area contributed by atoms with E-state index in [-0.39, 0.29) is 17.9 Å². The third kappa shape index (κ3) is 4.62. The van der Waals surface area contributed by atoms with Crippen LogP contribution < -0.4 is 10.2 Å². The molecule has 1 amide bonds. The second-order valence-corrected chi connectivity index (χ2v) is 8.41. The minimum atomic E-state index is -0.381. The first kappa shape index (κ1) is 22.6. The Hall–Kier alpha value is -3.61. The van der Waals surface area contributed by atoms with Gasteiger partial charge in [0.05, 0.1) is 31.0 Å². The zero-order valence-electron chi connectivity index (χ0n) is 19.6. The highest BCUT2D eigenvalue weighted by Gasteiger charge is 2.30. The number of carbonyl (C=O) groups is 2. The first-order valence-corrected chi connectivity index (χ1v) is 11.3. The summed E-state index contributed by atoms with van der Waals surface area (Å²) in [5.74, 6) is 0.345. The highest BCUT2D eigenvalue weighted by molar-refractivity contribution is 6.00. The molecule has 0 unspecified atom stereocenters. The number of aromatic nitrogens is 2. The SMILES string of the molecule is CCc1ccc(CN2CCn3nc(C)c(C(=O)N[C@@H](C)c4ccc(C(=O)OC)cc4)c32)cc1. The summed E-state index contributed by atoms with van der Waals surface area (Å²) in [5, 5.41) is 7.71. The molecule has 0 aliphatic carbocycles. The number of nitrogens with one attached hydrogen (secondary N) is 1. The largest absolute Gasteiger partial charge is 0.465 e. The number of aryl methyl sites for hydroxylation is 2. The minimum absolute atomic E-state index is 0.147. The summed E-state index contributed by atoms with van der Waals surface area (Å²) < 4.78 is 6.68. The minimum Gasteiger partial charge on any atom is -0.465 e. The molecule has 4 rings (SSSR count). The van der Waals surface area contributed by atoms with Crippen LogP contribution >= 0.6 is 0 Å². The second-order valence-electron chi connectivity index (χ2n) is 8.41. The molecule has 0 fully saturated rings. The zero-order valence-corrected chi connectivity index (χ0v) is 19.6. The molecule has 1 atom stereocenters. The molecule has 7 nitrogen and oxygen atoms in total. The molecule has 7 heteroatoms. The molecule has 1 aliphatic heterocycles. The van der Waals surface area contributed by atoms with Gasteiger partial charge in [-0.25, -0.2) is 9.48 Å². The summed E-state index contributed by atoms with van der Waals surface area (Å²) in [7, 11) is 1.36. The van der Waals surface area contributed by atoms with Gasteiger partial charge in [0, 0.05) is 13.1 Å². The number of hydrogen-bond donors (Lipinski definition) is 1. The van der Waals surface area contributed by atoms with Crippen molar-refractivity contribution in [1.82, 2.24) is 15.1 Å². The number of amides is 1. The predicted octanol–water partition coefficient (Wildman–Crippen LogP) is 4.05. The average Bonchev–Trinajstić information content (AvgIpc) is 3.36. The van der Waals surface area contributed by atoms with Gasteiger partial charge in [0.1, 0.15) is 11.4 Å². The standard InChI is InChI=1S/C26H30N4O3/c1-5-19-6-8-20(9-7-19)16-29-14-15-30-25(29)23(18(3)28-30)24(31)27-17(2)21-10-12-22(13-11-21)26(32)33-4/h6-13,17H,5,14-16H2,1-4H3,(H,27,31)/t17-/m0/s1. The maximum absolute atomic E-state index is 13.3. The number of ether oxygens (including phenoxy) is 1. The summed E-state index contributed by atoms with van der Waals surface area (Å²) in [6.45, 7) is 8.28. The number of carbonyl (C=O) groups excluding carboxylic acids is 2. The fourth-order valence-electron chi connectivity index (χ4n) is 4.27. The fraction of sp³-hybridized carbons (Fsp3) is 0.346. The molecule has 2 aromatic carbocycles. The van der Waals surface area contributed by atoms with Crippen molar-refractivity contribution in [3.63, 3.8) is 0 Å². The Morgan fingerprint density at radius 1 is 1.06 bits per heavy atom. The van der Waals surface area contributed by atoms with E-state index in [2.05, 4.69) is 46.5 Å². The molecule has 33 heavy (non-hydrogen) atoms. The number of anilines is 1. The highest BCUT2D eigenvalue weighted by atomic mass is 16.5. The lowest BCUT2D eigenvalue weighted by Gasteiger charge is -2.20. The number of methoxy groups -OCH3 is 1. The van der Waals surface area contributed by atoms with Crippen molar-refractivity contribution >= 4 is 17.7 Å². The molecule has 2 heterocycles. The van der Waals surface area contributed by atoms with Crippen LogP contribution in [0.4, 0.5) is 5.82 Å². The topological polar surface area (TPSA) is 76.5 Å². The third-order valence-corrected chi connectivity index (χ3v) is 6.19. The Labute approximate surface area is 194 Å². The zero-order chi connectivity index (χ0) is 23.5. The van der Waals surface area contributed by atoms with E-state index in [0.29, 0.717) is 11.1 Å². The van der Waals surface area contributed by atoms with Gasteiger partial charge in [-0.05, 0) is 49.1 Å². The van der Waals surface area contributed by atoms with Gasteiger partial charge >= 0.3 is 5.97 Å². The first-order valence-electron chi connectivity index (χ1n) is 11.3. The number of hydrogen-bond acceptors (Lipinski definition) is 5.